The number of nitrogens with one attached hydrogen (secondary N) is 1. The zero-order chi connectivity index (χ0) is 14.4. The average Bonchev–Trinajstić information content (AvgIpc) is 2.80. The SMILES string of the molecule is C=C1Nc2cocc2B(c2c(C)cc(C)cc2C)C1=C. The fraction of sp³-hybridized carbons (Fsp3) is 0.176. The first-order valence-electron chi connectivity index (χ1n) is 6.78. The second-order valence-electron chi connectivity index (χ2n) is 5.61. The number of hydrogen-bond donors (Lipinski definition) is 1. The highest BCUT2D eigenvalue weighted by atomic mass is 16.3. The van der Waals surface area contributed by atoms with E-state index in [4.69, 9.17) is 4.42 Å². The van der Waals surface area contributed by atoms with Gasteiger partial charge in [0.15, 0.2) is 0 Å². The van der Waals surface area contributed by atoms with E-state index in [0.29, 0.717) is 0 Å². The summed E-state index contributed by atoms with van der Waals surface area (Å²) in [5, 5.41) is 3.25. The van der Waals surface area contributed by atoms with Crippen LogP contribution in [0.25, 0.3) is 0 Å². The van der Waals surface area contributed by atoms with Gasteiger partial charge in [-0.25, -0.2) is 0 Å². The normalized spacial score (nSPS) is 14.2. The van der Waals surface area contributed by atoms with Gasteiger partial charge in [-0.1, -0.05) is 46.3 Å². The standard InChI is InChI=1S/C17H18BNO/c1-10-6-11(2)17(12(3)7-10)18-13(4)14(5)19-16-9-20-8-15(16)18/h6-9,19H,4-5H2,1-3H3. The molecule has 0 saturated carbocycles. The van der Waals surface area contributed by atoms with E-state index in [-0.39, 0.29) is 6.71 Å². The minimum atomic E-state index is 0.123. The number of furan rings is 1. The molecule has 2 aromatic rings. The third kappa shape index (κ3) is 1.82. The summed E-state index contributed by atoms with van der Waals surface area (Å²) in [6, 6.07) is 4.44. The van der Waals surface area contributed by atoms with Crippen LogP contribution in [0.5, 0.6) is 0 Å². The van der Waals surface area contributed by atoms with Gasteiger partial charge in [0, 0.05) is 5.70 Å². The molecule has 1 aliphatic rings. The molecule has 1 aromatic heterocycles. The predicted molar refractivity (Wildman–Crippen MR) is 86.3 cm³/mol. The lowest BCUT2D eigenvalue weighted by atomic mass is 9.34. The molecule has 0 radical (unpaired) electrons. The summed E-state index contributed by atoms with van der Waals surface area (Å²) in [7, 11) is 0. The molecular formula is C17H18BNO. The molecule has 1 aliphatic heterocycles. The highest BCUT2D eigenvalue weighted by molar-refractivity contribution is 6.93. The predicted octanol–water partition coefficient (Wildman–Crippen LogP) is 2.85. The van der Waals surface area contributed by atoms with E-state index < -0.39 is 0 Å². The molecule has 0 unspecified atom stereocenters. The van der Waals surface area contributed by atoms with E-state index in [9.17, 15) is 0 Å². The Morgan fingerprint density at radius 2 is 1.70 bits per heavy atom. The van der Waals surface area contributed by atoms with E-state index in [1.807, 2.05) is 6.26 Å². The van der Waals surface area contributed by atoms with Crippen molar-refractivity contribution in [2.24, 2.45) is 0 Å². The van der Waals surface area contributed by atoms with E-state index >= 15 is 0 Å². The minimum Gasteiger partial charge on any atom is -0.471 e. The maximum atomic E-state index is 5.37. The Morgan fingerprint density at radius 3 is 2.35 bits per heavy atom. The lowest BCUT2D eigenvalue weighted by Gasteiger charge is -2.28. The van der Waals surface area contributed by atoms with Gasteiger partial charge in [0.1, 0.15) is 6.26 Å². The highest BCUT2D eigenvalue weighted by Crippen LogP contribution is 2.24. The van der Waals surface area contributed by atoms with Crippen LogP contribution in [0, 0.1) is 20.8 Å². The fourth-order valence-electron chi connectivity index (χ4n) is 3.21. The molecule has 2 heterocycles. The second kappa shape index (κ2) is 4.45. The summed E-state index contributed by atoms with van der Waals surface area (Å²) < 4.78 is 5.37. The van der Waals surface area contributed by atoms with Gasteiger partial charge in [-0.05, 0) is 26.2 Å². The third-order valence-electron chi connectivity index (χ3n) is 4.05. The van der Waals surface area contributed by atoms with Crippen LogP contribution in [-0.2, 0) is 0 Å². The van der Waals surface area contributed by atoms with Crippen molar-refractivity contribution in [2.75, 3.05) is 5.32 Å². The van der Waals surface area contributed by atoms with Crippen LogP contribution < -0.4 is 16.2 Å². The lowest BCUT2D eigenvalue weighted by Crippen LogP contribution is -2.50. The van der Waals surface area contributed by atoms with Crippen LogP contribution in [0.4, 0.5) is 5.69 Å². The molecule has 0 amide bonds. The third-order valence-corrected chi connectivity index (χ3v) is 4.05. The van der Waals surface area contributed by atoms with Crippen LogP contribution in [0.15, 0.2) is 53.4 Å². The first kappa shape index (κ1) is 12.9. The van der Waals surface area contributed by atoms with Crippen molar-refractivity contribution in [3.8, 4) is 0 Å². The van der Waals surface area contributed by atoms with Gasteiger partial charge in [-0.3, -0.25) is 0 Å². The Kier molecular flexibility index (Phi) is 2.86. The van der Waals surface area contributed by atoms with Gasteiger partial charge in [0.05, 0.1) is 12.0 Å². The highest BCUT2D eigenvalue weighted by Gasteiger charge is 2.34. The van der Waals surface area contributed by atoms with E-state index in [1.54, 1.807) is 6.26 Å². The molecule has 0 spiro atoms. The molecule has 0 aliphatic carbocycles. The molecular weight excluding hydrogens is 245 g/mol. The largest absolute Gasteiger partial charge is 0.471 e. The first-order valence-corrected chi connectivity index (χ1v) is 6.78. The number of allylic oxidation sites excluding steroid dienone is 1. The molecule has 3 rings (SSSR count). The summed E-state index contributed by atoms with van der Waals surface area (Å²) >= 11 is 0. The van der Waals surface area contributed by atoms with Crippen molar-refractivity contribution in [3.63, 3.8) is 0 Å². The van der Waals surface area contributed by atoms with E-state index in [1.165, 1.54) is 22.2 Å². The smallest absolute Gasteiger partial charge is 0.250 e. The van der Waals surface area contributed by atoms with Gasteiger partial charge in [-0.2, -0.15) is 0 Å². The fourth-order valence-corrected chi connectivity index (χ4v) is 3.21. The Balaban J connectivity index is 2.25. The number of hydrogen-bond acceptors (Lipinski definition) is 2. The number of benzene rings is 1. The number of fused-ring (bicyclic) bond motifs is 1. The van der Waals surface area contributed by atoms with Gasteiger partial charge >= 0.3 is 0 Å². The Bertz CT molecular complexity index is 703. The van der Waals surface area contributed by atoms with Crippen molar-refractivity contribution < 1.29 is 4.42 Å². The monoisotopic (exact) mass is 263 g/mol. The zero-order valence-corrected chi connectivity index (χ0v) is 12.2. The Labute approximate surface area is 120 Å². The Hall–Kier alpha value is -2.16. The summed E-state index contributed by atoms with van der Waals surface area (Å²) in [5.41, 5.74) is 9.17. The topological polar surface area (TPSA) is 25.2 Å². The van der Waals surface area contributed by atoms with Crippen molar-refractivity contribution in [2.45, 2.75) is 20.8 Å². The molecule has 20 heavy (non-hydrogen) atoms. The minimum absolute atomic E-state index is 0.123. The van der Waals surface area contributed by atoms with Gasteiger partial charge in [0.25, 0.3) is 6.71 Å². The average molecular weight is 263 g/mol. The molecule has 0 atom stereocenters. The van der Waals surface area contributed by atoms with E-state index in [2.05, 4.69) is 51.4 Å². The summed E-state index contributed by atoms with van der Waals surface area (Å²) in [4.78, 5) is 0. The number of rotatable bonds is 1. The van der Waals surface area contributed by atoms with Crippen molar-refractivity contribution in [3.05, 3.63) is 65.7 Å². The number of anilines is 1. The van der Waals surface area contributed by atoms with Crippen LogP contribution in [0.1, 0.15) is 16.7 Å². The molecule has 3 heteroatoms. The van der Waals surface area contributed by atoms with Crippen LogP contribution in [-0.4, -0.2) is 6.71 Å². The molecule has 1 N–H and O–H groups in total. The van der Waals surface area contributed by atoms with Gasteiger partial charge < -0.3 is 9.73 Å². The molecule has 100 valence electrons. The van der Waals surface area contributed by atoms with Crippen LogP contribution in [0.3, 0.4) is 0 Å². The summed E-state index contributed by atoms with van der Waals surface area (Å²) in [5.74, 6) is 0. The number of aryl methyl sites for hydroxylation is 3. The van der Waals surface area contributed by atoms with Gasteiger partial charge in [0.2, 0.25) is 0 Å². The quantitative estimate of drug-likeness (QED) is 0.800. The maximum Gasteiger partial charge on any atom is 0.250 e. The van der Waals surface area contributed by atoms with Crippen molar-refractivity contribution >= 4 is 23.3 Å². The molecule has 0 fully saturated rings. The van der Waals surface area contributed by atoms with Crippen LogP contribution in [0.2, 0.25) is 0 Å². The molecule has 1 aromatic carbocycles. The van der Waals surface area contributed by atoms with Crippen molar-refractivity contribution in [1.29, 1.82) is 0 Å². The second-order valence-corrected chi connectivity index (χ2v) is 5.61. The lowest BCUT2D eigenvalue weighted by molar-refractivity contribution is 0.570. The Morgan fingerprint density at radius 1 is 1.05 bits per heavy atom. The van der Waals surface area contributed by atoms with Crippen LogP contribution >= 0.6 is 0 Å². The maximum absolute atomic E-state index is 5.37. The molecule has 2 nitrogen and oxygen atoms in total. The zero-order valence-electron chi connectivity index (χ0n) is 12.2. The van der Waals surface area contributed by atoms with E-state index in [0.717, 1.165) is 22.3 Å². The first-order chi connectivity index (χ1) is 9.49. The van der Waals surface area contributed by atoms with Gasteiger partial charge in [-0.15, -0.1) is 6.58 Å². The summed E-state index contributed by atoms with van der Waals surface area (Å²) in [6.45, 7) is 14.9. The molecule has 0 bridgehead atoms. The summed E-state index contributed by atoms with van der Waals surface area (Å²) in [6.07, 6.45) is 3.54. The van der Waals surface area contributed by atoms with Crippen molar-refractivity contribution in [1.82, 2.24) is 0 Å². The molecule has 0 saturated heterocycles.